The van der Waals surface area contributed by atoms with Crippen molar-refractivity contribution in [2.45, 2.75) is 13.8 Å². The van der Waals surface area contributed by atoms with E-state index < -0.39 is 0 Å². The minimum absolute atomic E-state index is 0.238. The Hall–Kier alpha value is -2.83. The average molecular weight is 392 g/mol. The molecular formula is C21H17N3OS2. The number of thiazole rings is 1. The molecule has 1 aromatic heterocycles. The van der Waals surface area contributed by atoms with Crippen LogP contribution in [0.2, 0.25) is 0 Å². The molecule has 1 heterocycles. The highest BCUT2D eigenvalue weighted by atomic mass is 32.1. The van der Waals surface area contributed by atoms with E-state index in [1.807, 2.05) is 43.3 Å². The fourth-order valence-corrected chi connectivity index (χ4v) is 4.22. The second-order valence-electron chi connectivity index (χ2n) is 6.37. The van der Waals surface area contributed by atoms with Gasteiger partial charge in [-0.05, 0) is 60.1 Å². The summed E-state index contributed by atoms with van der Waals surface area (Å²) < 4.78 is 1.13. The molecule has 3 aromatic carbocycles. The predicted octanol–water partition coefficient (Wildman–Crippen LogP) is 5.19. The number of amides is 1. The van der Waals surface area contributed by atoms with Gasteiger partial charge in [0.05, 0.1) is 10.2 Å². The third-order valence-electron chi connectivity index (χ3n) is 4.40. The van der Waals surface area contributed by atoms with Crippen LogP contribution in [0.3, 0.4) is 0 Å². The molecule has 4 aromatic rings. The van der Waals surface area contributed by atoms with Gasteiger partial charge in [-0.25, -0.2) is 4.98 Å². The Labute approximate surface area is 166 Å². The number of fused-ring (bicyclic) bond motifs is 2. The van der Waals surface area contributed by atoms with E-state index in [0.717, 1.165) is 26.6 Å². The summed E-state index contributed by atoms with van der Waals surface area (Å²) in [6, 6.07) is 17.6. The van der Waals surface area contributed by atoms with Crippen molar-refractivity contribution in [2.75, 3.05) is 5.32 Å². The molecule has 1 amide bonds. The fourth-order valence-electron chi connectivity index (χ4n) is 2.95. The van der Waals surface area contributed by atoms with Crippen LogP contribution in [0.4, 0.5) is 5.13 Å². The smallest absolute Gasteiger partial charge is 0.257 e. The van der Waals surface area contributed by atoms with Crippen molar-refractivity contribution in [3.05, 3.63) is 71.3 Å². The number of aromatic nitrogens is 1. The monoisotopic (exact) mass is 391 g/mol. The van der Waals surface area contributed by atoms with E-state index in [1.54, 1.807) is 6.07 Å². The normalized spacial score (nSPS) is 10.9. The molecule has 27 heavy (non-hydrogen) atoms. The summed E-state index contributed by atoms with van der Waals surface area (Å²) in [7, 11) is 0. The Morgan fingerprint density at radius 3 is 2.52 bits per heavy atom. The first-order valence-corrected chi connectivity index (χ1v) is 9.71. The second kappa shape index (κ2) is 7.06. The van der Waals surface area contributed by atoms with Crippen LogP contribution in [0.15, 0.2) is 54.6 Å². The number of thiocarbonyl (C=S) groups is 1. The van der Waals surface area contributed by atoms with Gasteiger partial charge in [0.2, 0.25) is 0 Å². The first-order valence-electron chi connectivity index (χ1n) is 8.49. The Morgan fingerprint density at radius 2 is 1.74 bits per heavy atom. The summed E-state index contributed by atoms with van der Waals surface area (Å²) in [6.45, 7) is 4.09. The van der Waals surface area contributed by atoms with Gasteiger partial charge in [0, 0.05) is 5.56 Å². The van der Waals surface area contributed by atoms with Crippen molar-refractivity contribution >= 4 is 60.7 Å². The summed E-state index contributed by atoms with van der Waals surface area (Å²) in [5.41, 5.74) is 3.82. The summed E-state index contributed by atoms with van der Waals surface area (Å²) in [4.78, 5) is 17.1. The van der Waals surface area contributed by atoms with E-state index in [-0.39, 0.29) is 11.0 Å². The van der Waals surface area contributed by atoms with Gasteiger partial charge in [-0.1, -0.05) is 53.8 Å². The van der Waals surface area contributed by atoms with E-state index in [0.29, 0.717) is 10.7 Å². The van der Waals surface area contributed by atoms with Crippen molar-refractivity contribution in [1.29, 1.82) is 0 Å². The average Bonchev–Trinajstić information content (AvgIpc) is 3.09. The second-order valence-corrected chi connectivity index (χ2v) is 7.77. The summed E-state index contributed by atoms with van der Waals surface area (Å²) >= 11 is 6.83. The Balaban J connectivity index is 1.51. The lowest BCUT2D eigenvalue weighted by Gasteiger charge is -2.08. The van der Waals surface area contributed by atoms with Crippen LogP contribution < -0.4 is 10.6 Å². The molecule has 134 valence electrons. The number of carbonyl (C=O) groups excluding carboxylic acids is 1. The molecule has 4 rings (SSSR count). The molecule has 0 fully saturated rings. The van der Waals surface area contributed by atoms with Crippen LogP contribution in [0.1, 0.15) is 21.5 Å². The largest absolute Gasteiger partial charge is 0.308 e. The Morgan fingerprint density at radius 1 is 1.00 bits per heavy atom. The topological polar surface area (TPSA) is 54.0 Å². The van der Waals surface area contributed by atoms with Gasteiger partial charge in [0.1, 0.15) is 0 Å². The van der Waals surface area contributed by atoms with Crippen molar-refractivity contribution in [3.63, 3.8) is 0 Å². The van der Waals surface area contributed by atoms with Gasteiger partial charge in [0.25, 0.3) is 5.91 Å². The summed E-state index contributed by atoms with van der Waals surface area (Å²) in [5, 5.41) is 8.78. The lowest BCUT2D eigenvalue weighted by atomic mass is 10.1. The molecule has 0 aliphatic rings. The molecule has 6 heteroatoms. The molecule has 0 saturated carbocycles. The van der Waals surface area contributed by atoms with Gasteiger partial charge in [-0.15, -0.1) is 0 Å². The first kappa shape index (κ1) is 17.6. The minimum Gasteiger partial charge on any atom is -0.308 e. The first-order chi connectivity index (χ1) is 13.0. The van der Waals surface area contributed by atoms with Crippen molar-refractivity contribution in [3.8, 4) is 0 Å². The number of carbonyl (C=O) groups is 1. The molecule has 4 nitrogen and oxygen atoms in total. The van der Waals surface area contributed by atoms with Gasteiger partial charge in [-0.2, -0.15) is 0 Å². The van der Waals surface area contributed by atoms with Crippen LogP contribution in [0, 0.1) is 13.8 Å². The predicted molar refractivity (Wildman–Crippen MR) is 117 cm³/mol. The van der Waals surface area contributed by atoms with Crippen molar-refractivity contribution < 1.29 is 4.79 Å². The van der Waals surface area contributed by atoms with E-state index in [1.165, 1.54) is 16.9 Å². The van der Waals surface area contributed by atoms with Crippen LogP contribution in [-0.4, -0.2) is 16.0 Å². The number of aryl methyl sites for hydroxylation is 2. The minimum atomic E-state index is -0.244. The number of nitrogens with zero attached hydrogens (tertiary/aromatic N) is 1. The summed E-state index contributed by atoms with van der Waals surface area (Å²) in [5.74, 6) is -0.244. The van der Waals surface area contributed by atoms with Gasteiger partial charge >= 0.3 is 0 Å². The van der Waals surface area contributed by atoms with Crippen LogP contribution in [0.5, 0.6) is 0 Å². The zero-order valence-electron chi connectivity index (χ0n) is 14.9. The number of rotatable bonds is 2. The van der Waals surface area contributed by atoms with Crippen LogP contribution in [0.25, 0.3) is 21.0 Å². The fraction of sp³-hybridized carbons (Fsp3) is 0.0952. The highest BCUT2D eigenvalue weighted by molar-refractivity contribution is 7.80. The lowest BCUT2D eigenvalue weighted by Crippen LogP contribution is -2.34. The molecule has 0 aliphatic carbocycles. The SMILES string of the molecule is Cc1ccc(C)c2sc(NC(=S)NC(=O)c3ccc4ccccc4c3)nc12. The zero-order valence-corrected chi connectivity index (χ0v) is 16.5. The van der Waals surface area contributed by atoms with Crippen molar-refractivity contribution in [2.24, 2.45) is 0 Å². The van der Waals surface area contributed by atoms with E-state index >= 15 is 0 Å². The number of hydrogen-bond donors (Lipinski definition) is 2. The number of nitrogens with one attached hydrogen (secondary N) is 2. The molecule has 0 bridgehead atoms. The molecule has 2 N–H and O–H groups in total. The quantitative estimate of drug-likeness (QED) is 0.462. The van der Waals surface area contributed by atoms with E-state index in [2.05, 4.69) is 34.7 Å². The molecule has 0 atom stereocenters. The van der Waals surface area contributed by atoms with Crippen molar-refractivity contribution in [1.82, 2.24) is 10.3 Å². The maximum absolute atomic E-state index is 12.5. The van der Waals surface area contributed by atoms with Gasteiger partial charge in [0.15, 0.2) is 10.2 Å². The molecule has 0 saturated heterocycles. The molecule has 0 aliphatic heterocycles. The molecule has 0 radical (unpaired) electrons. The number of anilines is 1. The highest BCUT2D eigenvalue weighted by Crippen LogP contribution is 2.30. The molecular weight excluding hydrogens is 374 g/mol. The van der Waals surface area contributed by atoms with Crippen LogP contribution >= 0.6 is 23.6 Å². The highest BCUT2D eigenvalue weighted by Gasteiger charge is 2.12. The standard InChI is InChI=1S/C21H17N3OS2/c1-12-7-8-13(2)18-17(12)22-21(27-18)24-20(26)23-19(25)16-10-9-14-5-3-4-6-15(14)11-16/h3-11H,1-2H3,(H2,22,23,24,25,26). The van der Waals surface area contributed by atoms with Crippen LogP contribution in [-0.2, 0) is 0 Å². The third-order valence-corrected chi connectivity index (χ3v) is 5.71. The molecule has 0 spiro atoms. The van der Waals surface area contributed by atoms with Gasteiger partial charge in [-0.3, -0.25) is 10.1 Å². The van der Waals surface area contributed by atoms with E-state index in [9.17, 15) is 4.79 Å². The number of hydrogen-bond acceptors (Lipinski definition) is 4. The van der Waals surface area contributed by atoms with Gasteiger partial charge < -0.3 is 5.32 Å². The number of benzene rings is 3. The summed E-state index contributed by atoms with van der Waals surface area (Å²) in [6.07, 6.45) is 0. The zero-order chi connectivity index (χ0) is 19.0. The maximum atomic E-state index is 12.5. The Bertz CT molecular complexity index is 1160. The maximum Gasteiger partial charge on any atom is 0.257 e. The van der Waals surface area contributed by atoms with E-state index in [4.69, 9.17) is 12.2 Å². The lowest BCUT2D eigenvalue weighted by molar-refractivity contribution is 0.0978. The third kappa shape index (κ3) is 3.54. The molecule has 0 unspecified atom stereocenters. The Kier molecular flexibility index (Phi) is 4.59.